The molecular weight excluding hydrogens is 338 g/mol. The van der Waals surface area contributed by atoms with Gasteiger partial charge in [0.15, 0.2) is 16.3 Å². The van der Waals surface area contributed by atoms with Gasteiger partial charge in [0.2, 0.25) is 5.91 Å². The summed E-state index contributed by atoms with van der Waals surface area (Å²) < 4.78 is 14.3. The minimum absolute atomic E-state index is 0.0160. The van der Waals surface area contributed by atoms with Gasteiger partial charge < -0.3 is 10.2 Å². The number of aromatic nitrogens is 1. The minimum atomic E-state index is -1.20. The molecule has 124 valence electrons. The molecular formula is C17H14AlFN4O2. The number of pyridine rings is 1. The van der Waals surface area contributed by atoms with Crippen LogP contribution in [0.5, 0.6) is 0 Å². The quantitative estimate of drug-likeness (QED) is 0.801. The highest BCUT2D eigenvalue weighted by atomic mass is 27.0. The smallest absolute Gasteiger partial charge is 0.252 e. The molecule has 1 saturated heterocycles. The first-order valence-corrected chi connectivity index (χ1v) is 8.33. The van der Waals surface area contributed by atoms with Crippen LogP contribution in [0.2, 0.25) is 0 Å². The van der Waals surface area contributed by atoms with Gasteiger partial charge in [-0.05, 0) is 12.1 Å². The van der Waals surface area contributed by atoms with E-state index in [1.165, 1.54) is 11.1 Å². The SMILES string of the molecule is N#C[C@@H]1CC(F)CN1C(=O)CNC(=O)c1ccnc2cc[c]([Al])cc12. The summed E-state index contributed by atoms with van der Waals surface area (Å²) in [6.07, 6.45) is 0.345. The molecule has 1 aromatic heterocycles. The summed E-state index contributed by atoms with van der Waals surface area (Å²) in [6.45, 7) is -0.393. The molecule has 2 atom stereocenters. The van der Waals surface area contributed by atoms with Gasteiger partial charge in [-0.1, -0.05) is 12.1 Å². The number of hydrogen-bond donors (Lipinski definition) is 1. The van der Waals surface area contributed by atoms with Crippen LogP contribution in [-0.2, 0) is 4.79 Å². The number of nitrogens with zero attached hydrogens (tertiary/aromatic N) is 3. The summed E-state index contributed by atoms with van der Waals surface area (Å²) >= 11 is 2.56. The first-order chi connectivity index (χ1) is 12.0. The highest BCUT2D eigenvalue weighted by molar-refractivity contribution is 6.33. The van der Waals surface area contributed by atoms with Crippen LogP contribution in [0.4, 0.5) is 4.39 Å². The van der Waals surface area contributed by atoms with Crippen molar-refractivity contribution in [1.82, 2.24) is 15.2 Å². The van der Waals surface area contributed by atoms with Crippen LogP contribution in [0, 0.1) is 11.3 Å². The number of amides is 2. The molecule has 2 heterocycles. The summed E-state index contributed by atoms with van der Waals surface area (Å²) in [6, 6.07) is 8.22. The third-order valence-electron chi connectivity index (χ3n) is 4.13. The molecule has 1 aromatic carbocycles. The Morgan fingerprint density at radius 1 is 1.44 bits per heavy atom. The van der Waals surface area contributed by atoms with E-state index in [1.54, 1.807) is 6.07 Å². The van der Waals surface area contributed by atoms with E-state index in [-0.39, 0.29) is 19.5 Å². The lowest BCUT2D eigenvalue weighted by Gasteiger charge is -2.19. The molecule has 1 aliphatic heterocycles. The van der Waals surface area contributed by atoms with Crippen molar-refractivity contribution in [2.45, 2.75) is 18.6 Å². The lowest BCUT2D eigenvalue weighted by atomic mass is 10.1. The van der Waals surface area contributed by atoms with Crippen LogP contribution >= 0.6 is 0 Å². The van der Waals surface area contributed by atoms with Crippen LogP contribution in [0.1, 0.15) is 16.8 Å². The number of alkyl halides is 1. The van der Waals surface area contributed by atoms with Crippen molar-refractivity contribution in [1.29, 1.82) is 5.26 Å². The topological polar surface area (TPSA) is 86.1 Å². The zero-order valence-electron chi connectivity index (χ0n) is 13.3. The molecule has 2 aromatic rings. The second kappa shape index (κ2) is 7.18. The molecule has 25 heavy (non-hydrogen) atoms. The first-order valence-electron chi connectivity index (χ1n) is 7.75. The molecule has 1 unspecified atom stereocenters. The maximum atomic E-state index is 13.4. The molecule has 2 amide bonds. The van der Waals surface area contributed by atoms with Crippen molar-refractivity contribution < 1.29 is 14.0 Å². The Morgan fingerprint density at radius 3 is 3.00 bits per heavy atom. The third kappa shape index (κ3) is 3.63. The predicted molar refractivity (Wildman–Crippen MR) is 90.1 cm³/mol. The summed E-state index contributed by atoms with van der Waals surface area (Å²) in [5.41, 5.74) is 1.08. The number of nitrogens with one attached hydrogen (secondary N) is 1. The normalized spacial score (nSPS) is 19.6. The molecule has 1 N–H and O–H groups in total. The number of nitriles is 1. The van der Waals surface area contributed by atoms with Gasteiger partial charge in [-0.25, -0.2) is 4.39 Å². The number of rotatable bonds is 3. The number of likely N-dealkylation sites (tertiary alicyclic amines) is 1. The van der Waals surface area contributed by atoms with Gasteiger partial charge in [0.1, 0.15) is 12.2 Å². The molecule has 1 aliphatic rings. The third-order valence-corrected chi connectivity index (χ3v) is 4.49. The molecule has 0 bridgehead atoms. The lowest BCUT2D eigenvalue weighted by Crippen LogP contribution is -2.42. The van der Waals surface area contributed by atoms with Gasteiger partial charge >= 0.3 is 0 Å². The number of fused-ring (bicyclic) bond motifs is 1. The van der Waals surface area contributed by atoms with Gasteiger partial charge in [-0.3, -0.25) is 14.6 Å². The largest absolute Gasteiger partial charge is 0.343 e. The van der Waals surface area contributed by atoms with E-state index in [1.807, 2.05) is 24.3 Å². The van der Waals surface area contributed by atoms with Crippen LogP contribution in [0.25, 0.3) is 10.9 Å². The van der Waals surface area contributed by atoms with E-state index in [0.29, 0.717) is 16.5 Å². The molecule has 0 spiro atoms. The Kier molecular flexibility index (Phi) is 4.99. The van der Waals surface area contributed by atoms with Gasteiger partial charge in [0, 0.05) is 18.0 Å². The van der Waals surface area contributed by atoms with E-state index in [0.717, 1.165) is 4.43 Å². The van der Waals surface area contributed by atoms with Crippen molar-refractivity contribution >= 4 is 43.4 Å². The van der Waals surface area contributed by atoms with Crippen molar-refractivity contribution in [3.8, 4) is 6.07 Å². The number of carbonyl (C=O) groups is 2. The molecule has 2 radical (unpaired) electrons. The zero-order chi connectivity index (χ0) is 18.0. The fourth-order valence-corrected chi connectivity index (χ4v) is 3.16. The number of carbonyl (C=O) groups excluding carboxylic acids is 2. The maximum absolute atomic E-state index is 13.4. The van der Waals surface area contributed by atoms with E-state index >= 15 is 0 Å². The van der Waals surface area contributed by atoms with E-state index < -0.39 is 24.0 Å². The van der Waals surface area contributed by atoms with E-state index in [4.69, 9.17) is 5.26 Å². The van der Waals surface area contributed by atoms with E-state index in [2.05, 4.69) is 26.6 Å². The molecule has 0 saturated carbocycles. The van der Waals surface area contributed by atoms with Crippen molar-refractivity contribution in [2.75, 3.05) is 13.1 Å². The fraction of sp³-hybridized carbons (Fsp3) is 0.294. The van der Waals surface area contributed by atoms with Gasteiger partial charge in [-0.2, -0.15) is 5.26 Å². The predicted octanol–water partition coefficient (Wildman–Crippen LogP) is 0.221. The average molecular weight is 352 g/mol. The molecule has 0 aliphatic carbocycles. The average Bonchev–Trinajstić information content (AvgIpc) is 2.99. The second-order valence-corrected chi connectivity index (χ2v) is 6.51. The Morgan fingerprint density at radius 2 is 2.24 bits per heavy atom. The van der Waals surface area contributed by atoms with Crippen LogP contribution in [0.15, 0.2) is 30.5 Å². The standard InChI is InChI=1S/C17H14FN4O2.Al/c18-11-7-12(8-19)22(10-11)16(23)9-21-17(24)14-5-6-20-15-4-2-1-3-13(14)15;/h2-6,11-12H,7,9-10H2,(H,21,24);/t11?,12-;/m0./s1. The van der Waals surface area contributed by atoms with Crippen molar-refractivity contribution in [3.05, 3.63) is 36.0 Å². The Bertz CT molecular complexity index is 883. The lowest BCUT2D eigenvalue weighted by molar-refractivity contribution is -0.130. The summed E-state index contributed by atoms with van der Waals surface area (Å²) in [5, 5.41) is 12.2. The summed E-state index contributed by atoms with van der Waals surface area (Å²) in [7, 11) is 0. The first kappa shape index (κ1) is 17.3. The van der Waals surface area contributed by atoms with Crippen molar-refractivity contribution in [3.63, 3.8) is 0 Å². The van der Waals surface area contributed by atoms with Gasteiger partial charge in [-0.15, -0.1) is 4.43 Å². The number of benzene rings is 1. The molecule has 6 nitrogen and oxygen atoms in total. The van der Waals surface area contributed by atoms with Crippen LogP contribution in [-0.4, -0.2) is 63.3 Å². The van der Waals surface area contributed by atoms with Crippen LogP contribution < -0.4 is 9.74 Å². The van der Waals surface area contributed by atoms with Gasteiger partial charge in [0.05, 0.1) is 30.2 Å². The Hall–Kier alpha value is -2.48. The zero-order valence-corrected chi connectivity index (χ0v) is 14.4. The highest BCUT2D eigenvalue weighted by Crippen LogP contribution is 2.20. The Labute approximate surface area is 152 Å². The highest BCUT2D eigenvalue weighted by Gasteiger charge is 2.35. The molecule has 3 rings (SSSR count). The van der Waals surface area contributed by atoms with Crippen LogP contribution in [0.3, 0.4) is 0 Å². The monoisotopic (exact) mass is 352 g/mol. The summed E-state index contributed by atoms with van der Waals surface area (Å²) in [5.74, 6) is -0.883. The minimum Gasteiger partial charge on any atom is -0.343 e. The maximum Gasteiger partial charge on any atom is 0.252 e. The summed E-state index contributed by atoms with van der Waals surface area (Å²) in [4.78, 5) is 30.0. The van der Waals surface area contributed by atoms with Crippen molar-refractivity contribution in [2.24, 2.45) is 0 Å². The number of hydrogen-bond acceptors (Lipinski definition) is 4. The second-order valence-electron chi connectivity index (χ2n) is 5.84. The Balaban J connectivity index is 1.72. The fourth-order valence-electron chi connectivity index (χ4n) is 2.90. The number of halogens is 1. The molecule has 1 fully saturated rings. The molecule has 8 heteroatoms. The van der Waals surface area contributed by atoms with Gasteiger partial charge in [0.25, 0.3) is 5.91 Å². The van der Waals surface area contributed by atoms with E-state index in [9.17, 15) is 14.0 Å².